The Morgan fingerprint density at radius 1 is 0.904 bits per heavy atom. The molecule has 1 saturated carbocycles. The number of rotatable bonds is 6. The van der Waals surface area contributed by atoms with Crippen LogP contribution >= 0.6 is 11.6 Å². The molecule has 1 N–H and O–H groups in total. The molecule has 2 aliphatic carbocycles. The number of benzene rings is 3. The average Bonchev–Trinajstić information content (AvgIpc) is 3.52. The predicted molar refractivity (Wildman–Crippen MR) is 192 cm³/mol. The molecule has 3 aliphatic heterocycles. The number of allylic oxidation sites excluding steroid dienone is 3. The van der Waals surface area contributed by atoms with Gasteiger partial charge in [-0.1, -0.05) is 41.5 Å². The third-order valence-electron chi connectivity index (χ3n) is 11.7. The molecule has 6 unspecified atom stereocenters. The van der Waals surface area contributed by atoms with E-state index < -0.39 is 52.6 Å². The van der Waals surface area contributed by atoms with E-state index in [1.165, 1.54) is 30.2 Å². The Morgan fingerprint density at radius 2 is 1.62 bits per heavy atom. The number of hydrogen-bond acceptors (Lipinski definition) is 8. The van der Waals surface area contributed by atoms with Crippen LogP contribution in [0.2, 0.25) is 5.02 Å². The molecule has 0 bridgehead atoms. The number of aromatic hydroxyl groups is 1. The Labute approximate surface area is 305 Å². The van der Waals surface area contributed by atoms with Crippen LogP contribution in [0.4, 0.5) is 21.5 Å². The number of hydrogen-bond donors (Lipinski definition) is 1. The van der Waals surface area contributed by atoms with Crippen LogP contribution in [0.15, 0.2) is 78.4 Å². The van der Waals surface area contributed by atoms with Crippen molar-refractivity contribution in [3.8, 4) is 11.5 Å². The van der Waals surface area contributed by atoms with Crippen molar-refractivity contribution in [2.24, 2.45) is 35.0 Å². The highest BCUT2D eigenvalue weighted by Crippen LogP contribution is 2.61. The third kappa shape index (κ3) is 5.24. The number of nitrogens with zero attached hydrogens (tertiary/aromatic N) is 3. The maximum absolute atomic E-state index is 14.5. The summed E-state index contributed by atoms with van der Waals surface area (Å²) in [6.07, 6.45) is 6.14. The lowest BCUT2D eigenvalue weighted by Crippen LogP contribution is -2.49. The highest BCUT2D eigenvalue weighted by Gasteiger charge is 2.67. The summed E-state index contributed by atoms with van der Waals surface area (Å²) in [4.78, 5) is 61.9. The van der Waals surface area contributed by atoms with E-state index in [1.54, 1.807) is 31.2 Å². The quantitative estimate of drug-likeness (QED) is 0.243. The molecule has 6 atom stereocenters. The minimum absolute atomic E-state index is 0.0275. The Morgan fingerprint density at radius 3 is 2.33 bits per heavy atom. The molecule has 3 aromatic rings. The molecule has 3 aromatic carbocycles. The van der Waals surface area contributed by atoms with E-state index in [4.69, 9.17) is 21.1 Å². The van der Waals surface area contributed by atoms with E-state index in [0.717, 1.165) is 35.3 Å². The smallest absolute Gasteiger partial charge is 0.241 e. The average molecular weight is 726 g/mol. The summed E-state index contributed by atoms with van der Waals surface area (Å²) in [5.41, 5.74) is 1.88. The topological polar surface area (TPSA) is 117 Å². The Balaban J connectivity index is 1.17. The first-order valence-electron chi connectivity index (χ1n) is 17.4. The lowest BCUT2D eigenvalue weighted by molar-refractivity contribution is -0.132. The molecule has 0 aromatic heterocycles. The number of morpholine rings is 1. The van der Waals surface area contributed by atoms with E-state index >= 15 is 0 Å². The highest BCUT2D eigenvalue weighted by molar-refractivity contribution is 6.31. The van der Waals surface area contributed by atoms with Gasteiger partial charge >= 0.3 is 0 Å². The van der Waals surface area contributed by atoms with Gasteiger partial charge < -0.3 is 19.5 Å². The summed E-state index contributed by atoms with van der Waals surface area (Å²) < 4.78 is 24.9. The van der Waals surface area contributed by atoms with Gasteiger partial charge in [-0.2, -0.15) is 0 Å². The summed E-state index contributed by atoms with van der Waals surface area (Å²) in [5, 5.41) is 9.95. The van der Waals surface area contributed by atoms with E-state index in [-0.39, 0.29) is 40.4 Å². The molecular weight excluding hydrogens is 689 g/mol. The fourth-order valence-electron chi connectivity index (χ4n) is 8.98. The van der Waals surface area contributed by atoms with Gasteiger partial charge in [-0.3, -0.25) is 24.1 Å². The van der Waals surface area contributed by atoms with E-state index in [1.807, 2.05) is 30.4 Å². The molecule has 0 spiro atoms. The maximum atomic E-state index is 14.5. The fourth-order valence-corrected chi connectivity index (χ4v) is 9.16. The van der Waals surface area contributed by atoms with Gasteiger partial charge in [0.1, 0.15) is 5.82 Å². The Kier molecular flexibility index (Phi) is 8.46. The number of phenolic OH excluding ortho intramolecular Hbond substituents is 1. The molecule has 3 saturated heterocycles. The molecule has 0 radical (unpaired) electrons. The second kappa shape index (κ2) is 12.9. The first kappa shape index (κ1) is 34.1. The van der Waals surface area contributed by atoms with E-state index in [0.29, 0.717) is 30.9 Å². The van der Waals surface area contributed by atoms with Crippen LogP contribution in [-0.2, 0) is 23.9 Å². The molecule has 4 amide bonds. The third-order valence-corrected chi connectivity index (χ3v) is 12.0. The van der Waals surface area contributed by atoms with Gasteiger partial charge in [-0.25, -0.2) is 9.29 Å². The lowest BCUT2D eigenvalue weighted by atomic mass is 9.52. The van der Waals surface area contributed by atoms with Crippen molar-refractivity contribution >= 4 is 58.4 Å². The van der Waals surface area contributed by atoms with Gasteiger partial charge in [0, 0.05) is 24.7 Å². The van der Waals surface area contributed by atoms with Gasteiger partial charge in [-0.15, -0.1) is 0 Å². The molecule has 5 aliphatic rings. The normalized spacial score (nSPS) is 28.7. The highest BCUT2D eigenvalue weighted by atomic mass is 35.5. The number of carbonyl (C=O) groups excluding carboxylic acids is 4. The Hall–Kier alpha value is -5.00. The van der Waals surface area contributed by atoms with Gasteiger partial charge in [0.15, 0.2) is 11.5 Å². The number of anilines is 3. The Bertz CT molecular complexity index is 2060. The largest absolute Gasteiger partial charge is 0.504 e. The van der Waals surface area contributed by atoms with Crippen molar-refractivity contribution in [2.75, 3.05) is 48.1 Å². The van der Waals surface area contributed by atoms with Crippen LogP contribution in [0, 0.1) is 40.8 Å². The summed E-state index contributed by atoms with van der Waals surface area (Å²) in [5.74, 6) is -5.28. The number of imide groups is 2. The number of phenols is 1. The van der Waals surface area contributed by atoms with Crippen molar-refractivity contribution in [2.45, 2.75) is 19.8 Å². The molecule has 8 rings (SSSR count). The van der Waals surface area contributed by atoms with Gasteiger partial charge in [0.05, 0.1) is 59.9 Å². The van der Waals surface area contributed by atoms with Crippen LogP contribution in [-0.4, -0.2) is 62.1 Å². The minimum Gasteiger partial charge on any atom is -0.504 e. The monoisotopic (exact) mass is 725 g/mol. The predicted octanol–water partition coefficient (Wildman–Crippen LogP) is 6.01. The molecule has 3 heterocycles. The van der Waals surface area contributed by atoms with Crippen LogP contribution in [0.5, 0.6) is 11.5 Å². The summed E-state index contributed by atoms with van der Waals surface area (Å²) in [6.45, 7) is 4.54. The summed E-state index contributed by atoms with van der Waals surface area (Å²) >= 11 is 6.11. The second-order valence-corrected chi connectivity index (χ2v) is 14.6. The fraction of sp³-hybridized carbons (Fsp3) is 0.350. The SMILES string of the molecule is COc1cc(C=CC2C3=CCC4C(=O)N(c5ccc(N6CCOCC6)cc5)C(=O)C4C3CC3C(=O)N(c4ccc(F)c(Cl)c4)C(=O)C23C)ccc1O. The van der Waals surface area contributed by atoms with Gasteiger partial charge in [-0.05, 0) is 85.8 Å². The zero-order valence-electron chi connectivity index (χ0n) is 28.6. The zero-order valence-corrected chi connectivity index (χ0v) is 29.4. The number of fused-ring (bicyclic) bond motifs is 4. The van der Waals surface area contributed by atoms with Crippen molar-refractivity contribution in [1.29, 1.82) is 0 Å². The second-order valence-electron chi connectivity index (χ2n) is 14.2. The van der Waals surface area contributed by atoms with Crippen molar-refractivity contribution in [3.63, 3.8) is 0 Å². The van der Waals surface area contributed by atoms with Gasteiger partial charge in [0.25, 0.3) is 0 Å². The number of ether oxygens (including phenoxy) is 2. The standard InChI is InChI=1S/C40H37ClFN3O7/c1-40-29(12-3-22-4-14-33(46)34(19-22)51-2)26-10-11-27-35(28(26)21-30(40)37(48)45(39(40)50)25-9-13-32(42)31(41)20-25)38(49)44(36(27)47)24-7-5-23(6-8-24)43-15-17-52-18-16-43/h3-10,12-14,19-20,27-30,35,46H,11,15-18,21H2,1-2H3. The van der Waals surface area contributed by atoms with E-state index in [2.05, 4.69) is 4.90 Å². The molecule has 12 heteroatoms. The van der Waals surface area contributed by atoms with Crippen molar-refractivity contribution < 1.29 is 38.1 Å². The zero-order chi connectivity index (χ0) is 36.5. The molecular formula is C40H37ClFN3O7. The number of amides is 4. The van der Waals surface area contributed by atoms with E-state index in [9.17, 15) is 28.7 Å². The number of halogens is 2. The first-order chi connectivity index (χ1) is 25.0. The van der Waals surface area contributed by atoms with Crippen LogP contribution < -0.4 is 19.4 Å². The number of methoxy groups -OCH3 is 1. The maximum Gasteiger partial charge on any atom is 0.241 e. The number of carbonyl (C=O) groups is 4. The molecule has 268 valence electrons. The van der Waals surface area contributed by atoms with Crippen LogP contribution in [0.25, 0.3) is 6.08 Å². The van der Waals surface area contributed by atoms with Gasteiger partial charge in [0.2, 0.25) is 23.6 Å². The molecule has 52 heavy (non-hydrogen) atoms. The summed E-state index contributed by atoms with van der Waals surface area (Å²) in [6, 6.07) is 16.0. The minimum atomic E-state index is -1.27. The lowest BCUT2D eigenvalue weighted by Gasteiger charge is -2.47. The van der Waals surface area contributed by atoms with Crippen molar-refractivity contribution in [3.05, 3.63) is 94.8 Å². The summed E-state index contributed by atoms with van der Waals surface area (Å²) in [7, 11) is 1.45. The van der Waals surface area contributed by atoms with Crippen molar-refractivity contribution in [1.82, 2.24) is 0 Å². The molecule has 4 fully saturated rings. The first-order valence-corrected chi connectivity index (χ1v) is 17.8. The van der Waals surface area contributed by atoms with Crippen LogP contribution in [0.3, 0.4) is 0 Å². The molecule has 10 nitrogen and oxygen atoms in total. The van der Waals surface area contributed by atoms with Crippen LogP contribution in [0.1, 0.15) is 25.3 Å².